The predicted molar refractivity (Wildman–Crippen MR) is 72.3 cm³/mol. The third kappa shape index (κ3) is 2.36. The van der Waals surface area contributed by atoms with Crippen LogP contribution in [0.25, 0.3) is 0 Å². The van der Waals surface area contributed by atoms with E-state index in [-0.39, 0.29) is 17.8 Å². The molecule has 0 aliphatic heterocycles. The summed E-state index contributed by atoms with van der Waals surface area (Å²) in [5.41, 5.74) is 9.75. The Bertz CT molecular complexity index is 645. The summed E-state index contributed by atoms with van der Waals surface area (Å²) in [4.78, 5) is 18.6. The molecular weight excluding hydrogens is 299 g/mol. The van der Waals surface area contributed by atoms with Gasteiger partial charge in [-0.3, -0.25) is 4.79 Å². The normalized spacial score (nSPS) is 29.8. The van der Waals surface area contributed by atoms with Crippen molar-refractivity contribution in [3.8, 4) is 0 Å². The molecule has 4 unspecified atom stereocenters. The Morgan fingerprint density at radius 1 is 1.32 bits per heavy atom. The first-order valence-corrected chi connectivity index (χ1v) is 6.71. The zero-order valence-electron chi connectivity index (χ0n) is 11.3. The van der Waals surface area contributed by atoms with Gasteiger partial charge in [0.2, 0.25) is 11.9 Å². The number of rotatable bonds is 3. The van der Waals surface area contributed by atoms with Crippen molar-refractivity contribution in [2.45, 2.75) is 18.6 Å². The number of amides is 1. The molecule has 3 rings (SSSR count). The van der Waals surface area contributed by atoms with Crippen molar-refractivity contribution >= 4 is 17.7 Å². The van der Waals surface area contributed by atoms with Crippen molar-refractivity contribution in [2.75, 3.05) is 11.1 Å². The van der Waals surface area contributed by atoms with E-state index in [4.69, 9.17) is 11.5 Å². The smallest absolute Gasteiger partial charge is 0.369 e. The number of fused-ring (bicyclic) bond motifs is 2. The molecule has 0 radical (unpaired) electrons. The van der Waals surface area contributed by atoms with Crippen molar-refractivity contribution in [2.24, 2.45) is 23.5 Å². The molecule has 1 saturated carbocycles. The Balaban J connectivity index is 1.95. The van der Waals surface area contributed by atoms with Gasteiger partial charge in [0.1, 0.15) is 11.4 Å². The number of anilines is 2. The molecule has 4 atom stereocenters. The Morgan fingerprint density at radius 3 is 2.64 bits per heavy atom. The molecule has 1 heterocycles. The van der Waals surface area contributed by atoms with Crippen LogP contribution in [0.4, 0.5) is 24.9 Å². The monoisotopic (exact) mass is 313 g/mol. The van der Waals surface area contributed by atoms with E-state index in [0.717, 1.165) is 0 Å². The number of nitrogens with zero attached hydrogens (tertiary/aromatic N) is 2. The molecule has 9 heteroatoms. The molecule has 0 saturated heterocycles. The Kier molecular flexibility index (Phi) is 3.22. The van der Waals surface area contributed by atoms with E-state index in [0.29, 0.717) is 12.6 Å². The van der Waals surface area contributed by atoms with Crippen molar-refractivity contribution in [1.82, 2.24) is 9.97 Å². The van der Waals surface area contributed by atoms with Crippen molar-refractivity contribution < 1.29 is 18.0 Å². The molecule has 118 valence electrons. The third-order valence-corrected chi connectivity index (χ3v) is 4.20. The lowest BCUT2D eigenvalue weighted by Crippen LogP contribution is -2.41. The maximum Gasteiger partial charge on any atom is 0.421 e. The summed E-state index contributed by atoms with van der Waals surface area (Å²) in [6.45, 7) is 0. The minimum absolute atomic E-state index is 0.0477. The molecular formula is C13H14F3N5O. The van der Waals surface area contributed by atoms with Crippen LogP contribution in [0.15, 0.2) is 18.3 Å². The molecule has 1 amide bonds. The molecule has 2 aliphatic carbocycles. The number of primary amides is 1. The average molecular weight is 313 g/mol. The molecule has 0 aromatic carbocycles. The maximum atomic E-state index is 13.0. The number of hydrogen-bond acceptors (Lipinski definition) is 5. The van der Waals surface area contributed by atoms with E-state index in [1.54, 1.807) is 0 Å². The van der Waals surface area contributed by atoms with E-state index in [1.807, 2.05) is 12.2 Å². The summed E-state index contributed by atoms with van der Waals surface area (Å²) in [6, 6.07) is -0.525. The summed E-state index contributed by atoms with van der Waals surface area (Å²) < 4.78 is 39.1. The highest BCUT2D eigenvalue weighted by Gasteiger charge is 2.48. The van der Waals surface area contributed by atoms with Gasteiger partial charge in [0.25, 0.3) is 0 Å². The van der Waals surface area contributed by atoms with Crippen LogP contribution in [0.2, 0.25) is 0 Å². The number of nitrogens with two attached hydrogens (primary N) is 2. The molecule has 22 heavy (non-hydrogen) atoms. The molecule has 6 nitrogen and oxygen atoms in total. The zero-order chi connectivity index (χ0) is 16.1. The van der Waals surface area contributed by atoms with E-state index in [2.05, 4.69) is 15.3 Å². The number of carbonyl (C=O) groups is 1. The SMILES string of the molecule is NC(=O)C1C2C=CC(C2)C1Nc1nc(N)ncc1C(F)(F)F. The van der Waals surface area contributed by atoms with Gasteiger partial charge < -0.3 is 16.8 Å². The molecule has 1 aromatic heterocycles. The number of hydrogen-bond donors (Lipinski definition) is 3. The fourth-order valence-corrected chi connectivity index (χ4v) is 3.28. The number of aromatic nitrogens is 2. The zero-order valence-corrected chi connectivity index (χ0v) is 11.3. The van der Waals surface area contributed by atoms with E-state index >= 15 is 0 Å². The highest BCUT2D eigenvalue weighted by Crippen LogP contribution is 2.45. The van der Waals surface area contributed by atoms with Gasteiger partial charge >= 0.3 is 6.18 Å². The number of nitrogen functional groups attached to an aromatic ring is 1. The molecule has 0 spiro atoms. The van der Waals surface area contributed by atoms with Crippen molar-refractivity contribution in [3.63, 3.8) is 0 Å². The van der Waals surface area contributed by atoms with Gasteiger partial charge in [-0.2, -0.15) is 18.2 Å². The quantitative estimate of drug-likeness (QED) is 0.726. The Morgan fingerprint density at radius 2 is 2.00 bits per heavy atom. The largest absolute Gasteiger partial charge is 0.421 e. The Hall–Kier alpha value is -2.32. The lowest BCUT2D eigenvalue weighted by molar-refractivity contribution is -0.137. The minimum Gasteiger partial charge on any atom is -0.369 e. The van der Waals surface area contributed by atoms with Crippen LogP contribution in [0.5, 0.6) is 0 Å². The van der Waals surface area contributed by atoms with Crippen LogP contribution in [-0.2, 0) is 11.0 Å². The lowest BCUT2D eigenvalue weighted by atomic mass is 9.88. The first-order valence-electron chi connectivity index (χ1n) is 6.71. The molecule has 2 bridgehead atoms. The number of alkyl halides is 3. The summed E-state index contributed by atoms with van der Waals surface area (Å²) in [7, 11) is 0. The summed E-state index contributed by atoms with van der Waals surface area (Å²) in [6.07, 6.45) is 0.475. The maximum absolute atomic E-state index is 13.0. The van der Waals surface area contributed by atoms with Gasteiger partial charge in [0.05, 0.1) is 5.92 Å². The molecule has 1 aromatic rings. The van der Waals surface area contributed by atoms with Gasteiger partial charge in [0.15, 0.2) is 0 Å². The number of nitrogens with one attached hydrogen (secondary N) is 1. The van der Waals surface area contributed by atoms with Gasteiger partial charge in [-0.1, -0.05) is 12.2 Å². The Labute approximate surface area is 123 Å². The molecule has 5 N–H and O–H groups in total. The van der Waals surface area contributed by atoms with Crippen LogP contribution in [0.3, 0.4) is 0 Å². The molecule has 1 fully saturated rings. The fraction of sp³-hybridized carbons (Fsp3) is 0.462. The van der Waals surface area contributed by atoms with E-state index < -0.39 is 35.4 Å². The average Bonchev–Trinajstić information content (AvgIpc) is 2.97. The standard InChI is InChI=1S/C13H14F3N5O/c14-13(15,16)7-4-19-12(18)21-11(7)20-9-6-2-1-5(3-6)8(9)10(17)22/h1-2,4-6,8-9H,3H2,(H2,17,22)(H3,18,19,20,21). The summed E-state index contributed by atoms with van der Waals surface area (Å²) in [5, 5.41) is 2.72. The van der Waals surface area contributed by atoms with Gasteiger partial charge in [0, 0.05) is 12.2 Å². The number of halogens is 3. The highest BCUT2D eigenvalue weighted by molar-refractivity contribution is 5.79. The van der Waals surface area contributed by atoms with Crippen molar-refractivity contribution in [1.29, 1.82) is 0 Å². The molecule has 2 aliphatic rings. The summed E-state index contributed by atoms with van der Waals surface area (Å²) >= 11 is 0. The van der Waals surface area contributed by atoms with Crippen molar-refractivity contribution in [3.05, 3.63) is 23.9 Å². The topological polar surface area (TPSA) is 107 Å². The van der Waals surface area contributed by atoms with Gasteiger partial charge in [-0.15, -0.1) is 0 Å². The summed E-state index contributed by atoms with van der Waals surface area (Å²) in [5.74, 6) is -1.90. The second kappa shape index (κ2) is 4.85. The number of carbonyl (C=O) groups excluding carboxylic acids is 1. The van der Waals surface area contributed by atoms with Gasteiger partial charge in [-0.25, -0.2) is 4.98 Å². The van der Waals surface area contributed by atoms with E-state index in [9.17, 15) is 18.0 Å². The second-order valence-electron chi connectivity index (χ2n) is 5.53. The lowest BCUT2D eigenvalue weighted by Gasteiger charge is -2.28. The fourth-order valence-electron chi connectivity index (χ4n) is 3.28. The second-order valence-corrected chi connectivity index (χ2v) is 5.53. The predicted octanol–water partition coefficient (Wildman–Crippen LogP) is 1.17. The van der Waals surface area contributed by atoms with Crippen LogP contribution >= 0.6 is 0 Å². The first kappa shape index (κ1) is 14.6. The number of allylic oxidation sites excluding steroid dienone is 1. The third-order valence-electron chi connectivity index (χ3n) is 4.20. The highest BCUT2D eigenvalue weighted by atomic mass is 19.4. The van der Waals surface area contributed by atoms with Gasteiger partial charge in [-0.05, 0) is 18.3 Å². The van der Waals surface area contributed by atoms with Crippen LogP contribution in [0.1, 0.15) is 12.0 Å². The van der Waals surface area contributed by atoms with Crippen LogP contribution in [-0.4, -0.2) is 21.9 Å². The minimum atomic E-state index is -4.62. The van der Waals surface area contributed by atoms with Crippen LogP contribution < -0.4 is 16.8 Å². The first-order chi connectivity index (χ1) is 10.3. The van der Waals surface area contributed by atoms with E-state index in [1.165, 1.54) is 0 Å². The van der Waals surface area contributed by atoms with Crippen LogP contribution in [0, 0.1) is 17.8 Å².